The van der Waals surface area contributed by atoms with Crippen molar-refractivity contribution in [2.24, 2.45) is 0 Å². The highest BCUT2D eigenvalue weighted by Crippen LogP contribution is 2.35. The number of sulfonamides is 1. The highest BCUT2D eigenvalue weighted by Gasteiger charge is 2.21. The molecule has 0 aliphatic carbocycles. The van der Waals surface area contributed by atoms with Gasteiger partial charge in [-0.15, -0.1) is 11.3 Å². The van der Waals surface area contributed by atoms with Crippen molar-refractivity contribution in [3.8, 4) is 0 Å². The van der Waals surface area contributed by atoms with Gasteiger partial charge in [0.25, 0.3) is 10.0 Å². The van der Waals surface area contributed by atoms with Crippen LogP contribution in [0.1, 0.15) is 11.3 Å². The van der Waals surface area contributed by atoms with Crippen molar-refractivity contribution >= 4 is 54.7 Å². The van der Waals surface area contributed by atoms with Crippen molar-refractivity contribution in [2.45, 2.75) is 18.1 Å². The lowest BCUT2D eigenvalue weighted by atomic mass is 10.3. The quantitative estimate of drug-likeness (QED) is 0.870. The molecule has 0 radical (unpaired) electrons. The van der Waals surface area contributed by atoms with E-state index in [0.29, 0.717) is 14.6 Å². The monoisotopic (exact) mass is 369 g/mol. The summed E-state index contributed by atoms with van der Waals surface area (Å²) in [4.78, 5) is 0. The molecule has 9 heteroatoms. The minimum absolute atomic E-state index is 0.138. The maximum atomic E-state index is 12.1. The van der Waals surface area contributed by atoms with Crippen LogP contribution in [-0.4, -0.2) is 18.6 Å². The number of thiophene rings is 1. The lowest BCUT2D eigenvalue weighted by molar-refractivity contribution is 0.603. The zero-order valence-electron chi connectivity index (χ0n) is 9.41. The highest BCUT2D eigenvalue weighted by molar-refractivity contribution is 9.11. The van der Waals surface area contributed by atoms with Crippen molar-refractivity contribution in [2.75, 3.05) is 4.72 Å². The molecule has 0 aliphatic heterocycles. The average Bonchev–Trinajstić information content (AvgIpc) is 2.77. The zero-order chi connectivity index (χ0) is 13.5. The third-order valence-electron chi connectivity index (χ3n) is 2.37. The van der Waals surface area contributed by atoms with Crippen molar-refractivity contribution < 1.29 is 8.42 Å². The number of aromatic nitrogens is 2. The molecule has 0 unspecified atom stereocenters. The van der Waals surface area contributed by atoms with E-state index >= 15 is 0 Å². The molecule has 0 fully saturated rings. The fraction of sp³-hybridized carbons (Fsp3) is 0.222. The second-order valence-electron chi connectivity index (χ2n) is 3.61. The first kappa shape index (κ1) is 13.9. The molecule has 0 saturated heterocycles. The number of H-pyrrole nitrogens is 1. The Morgan fingerprint density at radius 1 is 1.50 bits per heavy atom. The van der Waals surface area contributed by atoms with Crippen LogP contribution in [0.5, 0.6) is 0 Å². The maximum Gasteiger partial charge on any atom is 0.272 e. The van der Waals surface area contributed by atoms with Crippen LogP contribution in [0.25, 0.3) is 0 Å². The number of hydrogen-bond acceptors (Lipinski definition) is 4. The Balaban J connectivity index is 2.36. The lowest BCUT2D eigenvalue weighted by Gasteiger charge is -2.03. The third-order valence-corrected chi connectivity index (χ3v) is 6.66. The maximum absolute atomic E-state index is 12.1. The van der Waals surface area contributed by atoms with Crippen LogP contribution in [-0.2, 0) is 10.0 Å². The van der Waals surface area contributed by atoms with E-state index in [9.17, 15) is 8.42 Å². The predicted molar refractivity (Wildman–Crippen MR) is 75.9 cm³/mol. The SMILES string of the molecule is Cc1[nH]nc(NS(=O)(=O)c2cc(Cl)c(Br)s2)c1C. The molecule has 0 amide bonds. The number of rotatable bonds is 3. The highest BCUT2D eigenvalue weighted by atomic mass is 79.9. The van der Waals surface area contributed by atoms with Gasteiger partial charge in [-0.3, -0.25) is 9.82 Å². The first-order valence-electron chi connectivity index (χ1n) is 4.80. The van der Waals surface area contributed by atoms with Gasteiger partial charge in [0.05, 0.1) is 8.81 Å². The smallest absolute Gasteiger partial charge is 0.272 e. The fourth-order valence-corrected chi connectivity index (χ4v) is 4.69. The Morgan fingerprint density at radius 3 is 2.61 bits per heavy atom. The van der Waals surface area contributed by atoms with E-state index in [0.717, 1.165) is 22.6 Å². The molecule has 18 heavy (non-hydrogen) atoms. The van der Waals surface area contributed by atoms with Gasteiger partial charge < -0.3 is 0 Å². The molecule has 0 saturated carbocycles. The van der Waals surface area contributed by atoms with Crippen LogP contribution in [0.4, 0.5) is 5.82 Å². The number of nitrogens with one attached hydrogen (secondary N) is 2. The Morgan fingerprint density at radius 2 is 2.17 bits per heavy atom. The van der Waals surface area contributed by atoms with Crippen LogP contribution in [0.3, 0.4) is 0 Å². The summed E-state index contributed by atoms with van der Waals surface area (Å²) in [5.74, 6) is 0.299. The molecule has 2 rings (SSSR count). The lowest BCUT2D eigenvalue weighted by Crippen LogP contribution is -2.12. The van der Waals surface area contributed by atoms with E-state index in [1.807, 2.05) is 6.92 Å². The van der Waals surface area contributed by atoms with Crippen LogP contribution in [0, 0.1) is 13.8 Å². The van der Waals surface area contributed by atoms with Crippen molar-refractivity contribution in [1.82, 2.24) is 10.2 Å². The first-order chi connectivity index (χ1) is 8.31. The van der Waals surface area contributed by atoms with E-state index in [4.69, 9.17) is 11.6 Å². The average molecular weight is 371 g/mol. The Kier molecular flexibility index (Phi) is 3.72. The van der Waals surface area contributed by atoms with Gasteiger partial charge in [0.1, 0.15) is 4.21 Å². The minimum Gasteiger partial charge on any atom is -0.280 e. The van der Waals surface area contributed by atoms with Gasteiger partial charge in [0.2, 0.25) is 0 Å². The van der Waals surface area contributed by atoms with Gasteiger partial charge in [0.15, 0.2) is 5.82 Å². The molecule has 0 bridgehead atoms. The Hall–Kier alpha value is -0.570. The van der Waals surface area contributed by atoms with Gasteiger partial charge in [-0.2, -0.15) is 5.10 Å². The standard InChI is InChI=1S/C9H9BrClN3O2S2/c1-4-5(2)12-13-9(4)14-18(15,16)7-3-6(11)8(10)17-7/h3H,1-2H3,(H2,12,13,14). The summed E-state index contributed by atoms with van der Waals surface area (Å²) in [6.45, 7) is 3.60. The molecule has 5 nitrogen and oxygen atoms in total. The molecule has 0 aliphatic rings. The second kappa shape index (κ2) is 4.84. The number of aryl methyl sites for hydroxylation is 1. The summed E-state index contributed by atoms with van der Waals surface area (Å²) in [5.41, 5.74) is 1.58. The van der Waals surface area contributed by atoms with Crippen molar-refractivity contribution in [3.63, 3.8) is 0 Å². The molecule has 2 heterocycles. The molecule has 98 valence electrons. The fourth-order valence-electron chi connectivity index (χ4n) is 1.22. The molecule has 2 aromatic rings. The van der Waals surface area contributed by atoms with Crippen LogP contribution < -0.4 is 4.72 Å². The van der Waals surface area contributed by atoms with Crippen LogP contribution in [0.2, 0.25) is 5.02 Å². The van der Waals surface area contributed by atoms with Gasteiger partial charge in [0, 0.05) is 11.3 Å². The predicted octanol–water partition coefficient (Wildman–Crippen LogP) is 3.30. The summed E-state index contributed by atoms with van der Waals surface area (Å²) in [6.07, 6.45) is 0. The third kappa shape index (κ3) is 2.56. The Labute approximate surface area is 122 Å². The van der Waals surface area contributed by atoms with Crippen molar-refractivity contribution in [1.29, 1.82) is 0 Å². The van der Waals surface area contributed by atoms with Gasteiger partial charge in [-0.25, -0.2) is 8.42 Å². The first-order valence-corrected chi connectivity index (χ1v) is 8.27. The summed E-state index contributed by atoms with van der Waals surface area (Å²) in [6, 6.07) is 1.40. The number of nitrogens with zero attached hydrogens (tertiary/aromatic N) is 1. The summed E-state index contributed by atoms with van der Waals surface area (Å²) < 4.78 is 27.3. The molecular weight excluding hydrogens is 362 g/mol. The van der Waals surface area contributed by atoms with E-state index in [-0.39, 0.29) is 4.21 Å². The summed E-state index contributed by atoms with van der Waals surface area (Å²) >= 11 is 10.1. The van der Waals surface area contributed by atoms with Gasteiger partial charge in [-0.05, 0) is 35.8 Å². The molecule has 0 spiro atoms. The zero-order valence-corrected chi connectivity index (χ0v) is 13.4. The van der Waals surface area contributed by atoms with E-state index in [1.165, 1.54) is 6.07 Å². The number of anilines is 1. The summed E-state index contributed by atoms with van der Waals surface area (Å²) in [5, 5.41) is 6.99. The molecule has 2 N–H and O–H groups in total. The second-order valence-corrected chi connectivity index (χ2v) is 8.30. The topological polar surface area (TPSA) is 74.8 Å². The van der Waals surface area contributed by atoms with Crippen LogP contribution in [0.15, 0.2) is 14.1 Å². The number of hydrogen-bond donors (Lipinski definition) is 2. The van der Waals surface area contributed by atoms with E-state index < -0.39 is 10.0 Å². The van der Waals surface area contributed by atoms with E-state index in [1.54, 1.807) is 6.92 Å². The molecule has 2 aromatic heterocycles. The normalized spacial score (nSPS) is 11.8. The van der Waals surface area contributed by atoms with Crippen LogP contribution >= 0.6 is 38.9 Å². The minimum atomic E-state index is -3.65. The molecular formula is C9H9BrClN3O2S2. The molecule has 0 atom stereocenters. The molecule has 0 aromatic carbocycles. The largest absolute Gasteiger partial charge is 0.280 e. The number of aromatic amines is 1. The van der Waals surface area contributed by atoms with Gasteiger partial charge >= 0.3 is 0 Å². The van der Waals surface area contributed by atoms with Gasteiger partial charge in [-0.1, -0.05) is 11.6 Å². The van der Waals surface area contributed by atoms with E-state index in [2.05, 4.69) is 30.8 Å². The Bertz CT molecular complexity index is 673. The number of halogens is 2. The van der Waals surface area contributed by atoms with Crippen molar-refractivity contribution in [3.05, 3.63) is 26.1 Å². The summed E-state index contributed by atoms with van der Waals surface area (Å²) in [7, 11) is -3.65.